The van der Waals surface area contributed by atoms with Crippen molar-refractivity contribution in [1.29, 1.82) is 0 Å². The van der Waals surface area contributed by atoms with Gasteiger partial charge in [-0.1, -0.05) is 19.9 Å². The zero-order valence-corrected chi connectivity index (χ0v) is 11.3. The molecule has 0 aliphatic carbocycles. The molecule has 1 N–H and O–H groups in total. The smallest absolute Gasteiger partial charge is 0.289 e. The third kappa shape index (κ3) is 2.23. The van der Waals surface area contributed by atoms with Gasteiger partial charge in [0.25, 0.3) is 5.91 Å². The van der Waals surface area contributed by atoms with Crippen molar-refractivity contribution in [2.45, 2.75) is 26.2 Å². The van der Waals surface area contributed by atoms with E-state index >= 15 is 0 Å². The summed E-state index contributed by atoms with van der Waals surface area (Å²) in [4.78, 5) is 20.7. The van der Waals surface area contributed by atoms with Crippen molar-refractivity contribution >= 4 is 16.9 Å². The highest BCUT2D eigenvalue weighted by Crippen LogP contribution is 2.22. The van der Waals surface area contributed by atoms with Gasteiger partial charge in [0.15, 0.2) is 5.82 Å². The molecule has 96 valence electrons. The Balaban J connectivity index is 2.43. The highest BCUT2D eigenvalue weighted by atomic mass is 16.2. The van der Waals surface area contributed by atoms with Gasteiger partial charge in [-0.3, -0.25) is 4.79 Å². The Hall–Kier alpha value is -1.84. The quantitative estimate of drug-likeness (QED) is 0.904. The van der Waals surface area contributed by atoms with E-state index in [4.69, 9.17) is 0 Å². The fourth-order valence-electron chi connectivity index (χ4n) is 1.88. The molecule has 4 nitrogen and oxygen atoms in total. The number of fused-ring (bicyclic) bond motifs is 1. The van der Waals surface area contributed by atoms with Crippen molar-refractivity contribution < 1.29 is 4.79 Å². The first-order chi connectivity index (χ1) is 8.52. The first kappa shape index (κ1) is 12.6. The van der Waals surface area contributed by atoms with Crippen molar-refractivity contribution in [3.63, 3.8) is 0 Å². The average Bonchev–Trinajstić information content (AvgIpc) is 2.79. The van der Waals surface area contributed by atoms with Crippen molar-refractivity contribution in [3.8, 4) is 0 Å². The van der Waals surface area contributed by atoms with Crippen molar-refractivity contribution in [1.82, 2.24) is 14.9 Å². The number of hydrogen-bond donors (Lipinski definition) is 1. The van der Waals surface area contributed by atoms with Crippen molar-refractivity contribution in [2.24, 2.45) is 0 Å². The summed E-state index contributed by atoms with van der Waals surface area (Å²) in [5.74, 6) is 0.818. The molecule has 0 aliphatic heterocycles. The molecule has 1 unspecified atom stereocenters. The normalized spacial score (nSPS) is 12.7. The molecule has 1 aromatic heterocycles. The molecule has 0 saturated carbocycles. The fourth-order valence-corrected chi connectivity index (χ4v) is 1.88. The summed E-state index contributed by atoms with van der Waals surface area (Å²) in [7, 11) is 3.44. The van der Waals surface area contributed by atoms with Crippen LogP contribution in [0, 0.1) is 0 Å². The second-order valence-electron chi connectivity index (χ2n) is 4.87. The van der Waals surface area contributed by atoms with Crippen LogP contribution < -0.4 is 0 Å². The maximum atomic E-state index is 11.8. The van der Waals surface area contributed by atoms with Gasteiger partial charge in [0.2, 0.25) is 0 Å². The van der Waals surface area contributed by atoms with Gasteiger partial charge in [-0.05, 0) is 30.0 Å². The lowest BCUT2D eigenvalue weighted by atomic mass is 9.98. The van der Waals surface area contributed by atoms with E-state index in [0.717, 1.165) is 17.5 Å². The lowest BCUT2D eigenvalue weighted by Gasteiger charge is -2.07. The summed E-state index contributed by atoms with van der Waals surface area (Å²) in [6.07, 6.45) is 1.10. The highest BCUT2D eigenvalue weighted by Gasteiger charge is 2.14. The second-order valence-corrected chi connectivity index (χ2v) is 4.87. The Bertz CT molecular complexity index is 571. The summed E-state index contributed by atoms with van der Waals surface area (Å²) in [5, 5.41) is 0. The Morgan fingerprint density at radius 3 is 2.78 bits per heavy atom. The molecule has 0 fully saturated rings. The van der Waals surface area contributed by atoms with E-state index in [2.05, 4.69) is 35.9 Å². The first-order valence-electron chi connectivity index (χ1n) is 6.24. The Morgan fingerprint density at radius 2 is 2.17 bits per heavy atom. The van der Waals surface area contributed by atoms with Crippen LogP contribution >= 0.6 is 0 Å². The van der Waals surface area contributed by atoms with Gasteiger partial charge in [0.05, 0.1) is 11.0 Å². The SMILES string of the molecule is CCC(C)c1ccc2nc(C(=O)N(C)C)[nH]c2c1. The molecule has 18 heavy (non-hydrogen) atoms. The lowest BCUT2D eigenvalue weighted by Crippen LogP contribution is -2.22. The van der Waals surface area contributed by atoms with Crippen molar-refractivity contribution in [3.05, 3.63) is 29.6 Å². The number of benzene rings is 1. The molecule has 0 saturated heterocycles. The van der Waals surface area contributed by atoms with E-state index in [1.165, 1.54) is 10.5 Å². The van der Waals surface area contributed by atoms with E-state index in [0.29, 0.717) is 11.7 Å². The van der Waals surface area contributed by atoms with Crippen LogP contribution in [0.4, 0.5) is 0 Å². The largest absolute Gasteiger partial charge is 0.342 e. The predicted molar refractivity (Wildman–Crippen MR) is 72.8 cm³/mol. The molecular weight excluding hydrogens is 226 g/mol. The van der Waals surface area contributed by atoms with E-state index in [1.54, 1.807) is 14.1 Å². The van der Waals surface area contributed by atoms with Crippen molar-refractivity contribution in [2.75, 3.05) is 14.1 Å². The summed E-state index contributed by atoms with van der Waals surface area (Å²) < 4.78 is 0. The number of carbonyl (C=O) groups is 1. The Kier molecular flexibility index (Phi) is 3.36. The van der Waals surface area contributed by atoms with Gasteiger partial charge in [-0.2, -0.15) is 0 Å². The minimum atomic E-state index is -0.101. The fraction of sp³-hybridized carbons (Fsp3) is 0.429. The number of imidazole rings is 1. The van der Waals surface area contributed by atoms with E-state index in [1.807, 2.05) is 6.07 Å². The molecule has 0 aliphatic rings. The molecule has 0 bridgehead atoms. The standard InChI is InChI=1S/C14H19N3O/c1-5-9(2)10-6-7-11-12(8-10)16-13(15-11)14(18)17(3)4/h6-9H,5H2,1-4H3,(H,15,16). The van der Waals surface area contributed by atoms with Crippen LogP contribution in [0.3, 0.4) is 0 Å². The maximum Gasteiger partial charge on any atom is 0.289 e. The van der Waals surface area contributed by atoms with Gasteiger partial charge in [0, 0.05) is 14.1 Å². The van der Waals surface area contributed by atoms with Gasteiger partial charge < -0.3 is 9.88 Å². The zero-order chi connectivity index (χ0) is 13.3. The zero-order valence-electron chi connectivity index (χ0n) is 11.3. The molecule has 1 amide bonds. The van der Waals surface area contributed by atoms with Crippen LogP contribution in [0.1, 0.15) is 42.4 Å². The van der Waals surface area contributed by atoms with Gasteiger partial charge >= 0.3 is 0 Å². The minimum absolute atomic E-state index is 0.101. The molecule has 0 radical (unpaired) electrons. The van der Waals surface area contributed by atoms with Crippen LogP contribution in [-0.2, 0) is 0 Å². The number of amides is 1. The molecule has 0 spiro atoms. The summed E-state index contributed by atoms with van der Waals surface area (Å²) in [5.41, 5.74) is 3.04. The highest BCUT2D eigenvalue weighted by molar-refractivity contribution is 5.93. The molecule has 1 aromatic carbocycles. The molecule has 2 rings (SSSR count). The third-order valence-electron chi connectivity index (χ3n) is 3.30. The molecule has 4 heteroatoms. The number of hydrogen-bond acceptors (Lipinski definition) is 2. The predicted octanol–water partition coefficient (Wildman–Crippen LogP) is 2.78. The van der Waals surface area contributed by atoms with Gasteiger partial charge in [-0.15, -0.1) is 0 Å². The van der Waals surface area contributed by atoms with Crippen LogP contribution in [0.25, 0.3) is 11.0 Å². The first-order valence-corrected chi connectivity index (χ1v) is 6.24. The molecule has 1 heterocycles. The average molecular weight is 245 g/mol. The van der Waals surface area contributed by atoms with Crippen LogP contribution in [-0.4, -0.2) is 34.9 Å². The van der Waals surface area contributed by atoms with Crippen LogP contribution in [0.5, 0.6) is 0 Å². The summed E-state index contributed by atoms with van der Waals surface area (Å²) in [6.45, 7) is 4.37. The second kappa shape index (κ2) is 4.80. The number of carbonyl (C=O) groups excluding carboxylic acids is 1. The topological polar surface area (TPSA) is 49.0 Å². The third-order valence-corrected chi connectivity index (χ3v) is 3.30. The lowest BCUT2D eigenvalue weighted by molar-refractivity contribution is 0.0817. The van der Waals surface area contributed by atoms with E-state index in [9.17, 15) is 4.79 Å². The summed E-state index contributed by atoms with van der Waals surface area (Å²) >= 11 is 0. The Morgan fingerprint density at radius 1 is 1.44 bits per heavy atom. The maximum absolute atomic E-state index is 11.8. The molecule has 1 atom stereocenters. The minimum Gasteiger partial charge on any atom is -0.342 e. The van der Waals surface area contributed by atoms with Crippen LogP contribution in [0.15, 0.2) is 18.2 Å². The number of nitrogens with one attached hydrogen (secondary N) is 1. The van der Waals surface area contributed by atoms with Gasteiger partial charge in [-0.25, -0.2) is 4.98 Å². The summed E-state index contributed by atoms with van der Waals surface area (Å²) in [6, 6.07) is 6.14. The number of rotatable bonds is 3. The van der Waals surface area contributed by atoms with Crippen LogP contribution in [0.2, 0.25) is 0 Å². The number of aromatic amines is 1. The van der Waals surface area contributed by atoms with E-state index < -0.39 is 0 Å². The number of H-pyrrole nitrogens is 1. The number of aromatic nitrogens is 2. The number of nitrogens with zero attached hydrogens (tertiary/aromatic N) is 2. The molecule has 2 aromatic rings. The Labute approximate surface area is 107 Å². The van der Waals surface area contributed by atoms with E-state index in [-0.39, 0.29) is 5.91 Å². The molecular formula is C14H19N3O. The van der Waals surface area contributed by atoms with Gasteiger partial charge in [0.1, 0.15) is 0 Å². The monoisotopic (exact) mass is 245 g/mol.